The molecule has 2 aliphatic heterocycles. The lowest BCUT2D eigenvalue weighted by molar-refractivity contribution is 0.171. The van der Waals surface area contributed by atoms with Crippen molar-refractivity contribution in [2.45, 2.75) is 0 Å². The Morgan fingerprint density at radius 1 is 0.852 bits per heavy atom. The van der Waals surface area contributed by atoms with Crippen LogP contribution < -0.4 is 14.4 Å². The Labute approximate surface area is 167 Å². The second-order valence-corrected chi connectivity index (χ2v) is 8.79. The minimum Gasteiger partial charge on any atom is -0.486 e. The van der Waals surface area contributed by atoms with Gasteiger partial charge in [0.15, 0.2) is 11.5 Å². The molecule has 0 bridgehead atoms. The molecule has 1 aromatic heterocycles. The topological polar surface area (TPSA) is 34.6 Å². The van der Waals surface area contributed by atoms with Gasteiger partial charge in [0, 0.05) is 42.0 Å². The van der Waals surface area contributed by atoms with Crippen molar-refractivity contribution in [2.24, 2.45) is 0 Å². The highest BCUT2D eigenvalue weighted by molar-refractivity contribution is 7.99. The zero-order valence-corrected chi connectivity index (χ0v) is 16.5. The summed E-state index contributed by atoms with van der Waals surface area (Å²) in [6, 6.07) is 14.9. The number of hydrogen-bond acceptors (Lipinski definition) is 6. The van der Waals surface area contributed by atoms with Gasteiger partial charge in [0.25, 0.3) is 0 Å². The second kappa shape index (κ2) is 7.44. The van der Waals surface area contributed by atoms with Crippen molar-refractivity contribution >= 4 is 28.8 Å². The third-order valence-electron chi connectivity index (χ3n) is 4.82. The highest BCUT2D eigenvalue weighted by atomic mass is 32.2. The van der Waals surface area contributed by atoms with Crippen molar-refractivity contribution in [2.75, 3.05) is 42.7 Å². The molecule has 3 heterocycles. The van der Waals surface area contributed by atoms with Gasteiger partial charge in [-0.15, -0.1) is 11.3 Å². The molecule has 0 unspecified atom stereocenters. The SMILES string of the molecule is c1cc(N2CCSCC2)ccc1-c1cnc(-c2ccc3c(c2)OCCO3)s1. The predicted octanol–water partition coefficient (Wildman–Crippen LogP) is 4.80. The number of rotatable bonds is 3. The number of nitrogens with zero attached hydrogens (tertiary/aromatic N) is 2. The van der Waals surface area contributed by atoms with Crippen molar-refractivity contribution in [3.8, 4) is 32.5 Å². The average Bonchev–Trinajstić information content (AvgIpc) is 3.24. The second-order valence-electron chi connectivity index (χ2n) is 6.53. The number of benzene rings is 2. The van der Waals surface area contributed by atoms with Gasteiger partial charge < -0.3 is 14.4 Å². The van der Waals surface area contributed by atoms with Crippen molar-refractivity contribution in [3.05, 3.63) is 48.7 Å². The molecular weight excluding hydrogens is 376 g/mol. The van der Waals surface area contributed by atoms with E-state index in [0.29, 0.717) is 13.2 Å². The molecule has 138 valence electrons. The summed E-state index contributed by atoms with van der Waals surface area (Å²) in [6.45, 7) is 3.49. The van der Waals surface area contributed by atoms with Gasteiger partial charge in [0.2, 0.25) is 0 Å². The number of ether oxygens (including phenoxy) is 2. The van der Waals surface area contributed by atoms with Crippen LogP contribution in [0.2, 0.25) is 0 Å². The van der Waals surface area contributed by atoms with Crippen molar-refractivity contribution < 1.29 is 9.47 Å². The first-order valence-corrected chi connectivity index (χ1v) is 11.1. The molecule has 2 aliphatic rings. The van der Waals surface area contributed by atoms with Crippen molar-refractivity contribution in [1.29, 1.82) is 0 Å². The van der Waals surface area contributed by atoms with Crippen LogP contribution in [0, 0.1) is 0 Å². The summed E-state index contributed by atoms with van der Waals surface area (Å²) >= 11 is 3.74. The molecule has 0 N–H and O–H groups in total. The first kappa shape index (κ1) is 17.0. The molecule has 1 saturated heterocycles. The number of aromatic nitrogens is 1. The quantitative estimate of drug-likeness (QED) is 0.635. The molecule has 3 aromatic rings. The fraction of sp³-hybridized carbons (Fsp3) is 0.286. The molecule has 6 heteroatoms. The molecular formula is C21H20N2O2S2. The zero-order valence-electron chi connectivity index (χ0n) is 14.9. The normalized spacial score (nSPS) is 16.4. The number of anilines is 1. The lowest BCUT2D eigenvalue weighted by atomic mass is 10.1. The summed E-state index contributed by atoms with van der Waals surface area (Å²) in [5.74, 6) is 4.05. The molecule has 27 heavy (non-hydrogen) atoms. The van der Waals surface area contributed by atoms with Crippen LogP contribution in [0.1, 0.15) is 0 Å². The van der Waals surface area contributed by atoms with Gasteiger partial charge in [-0.2, -0.15) is 11.8 Å². The Balaban J connectivity index is 1.37. The van der Waals surface area contributed by atoms with Gasteiger partial charge in [-0.3, -0.25) is 0 Å². The standard InChI is InChI=1S/C21H20N2O2S2/c1-4-17(23-7-11-26-12-8-23)5-2-15(1)20-14-22-21(27-20)16-3-6-18-19(13-16)25-10-9-24-18/h1-6,13-14H,7-12H2. The third kappa shape index (κ3) is 3.51. The zero-order chi connectivity index (χ0) is 18.1. The van der Waals surface area contributed by atoms with Crippen LogP contribution in [0.3, 0.4) is 0 Å². The van der Waals surface area contributed by atoms with Crippen LogP contribution in [0.4, 0.5) is 5.69 Å². The minimum atomic E-state index is 0.599. The smallest absolute Gasteiger partial charge is 0.162 e. The van der Waals surface area contributed by atoms with E-state index in [1.54, 1.807) is 11.3 Å². The van der Waals surface area contributed by atoms with E-state index in [4.69, 9.17) is 9.47 Å². The number of hydrogen-bond donors (Lipinski definition) is 0. The van der Waals surface area contributed by atoms with Gasteiger partial charge in [0.05, 0.1) is 4.88 Å². The molecule has 0 saturated carbocycles. The summed E-state index contributed by atoms with van der Waals surface area (Å²) in [7, 11) is 0. The molecule has 0 radical (unpaired) electrons. The summed E-state index contributed by atoms with van der Waals surface area (Å²) < 4.78 is 11.3. The molecule has 1 fully saturated rings. The number of fused-ring (bicyclic) bond motifs is 1. The molecule has 4 nitrogen and oxygen atoms in total. The summed E-state index contributed by atoms with van der Waals surface area (Å²) in [6.07, 6.45) is 1.96. The maximum atomic E-state index is 5.69. The number of thiazole rings is 1. The first-order chi connectivity index (χ1) is 13.4. The van der Waals surface area contributed by atoms with E-state index in [2.05, 4.69) is 34.1 Å². The molecule has 0 spiro atoms. The maximum Gasteiger partial charge on any atom is 0.162 e. The Morgan fingerprint density at radius 2 is 1.59 bits per heavy atom. The van der Waals surface area contributed by atoms with Crippen LogP contribution >= 0.6 is 23.1 Å². The Hall–Kier alpha value is -2.18. The maximum absolute atomic E-state index is 5.69. The first-order valence-electron chi connectivity index (χ1n) is 9.16. The van der Waals surface area contributed by atoms with Crippen molar-refractivity contribution in [1.82, 2.24) is 4.98 Å². The summed E-state index contributed by atoms with van der Waals surface area (Å²) in [5, 5.41) is 0.999. The van der Waals surface area contributed by atoms with E-state index in [-0.39, 0.29) is 0 Å². The lowest BCUT2D eigenvalue weighted by Crippen LogP contribution is -2.32. The van der Waals surface area contributed by atoms with E-state index < -0.39 is 0 Å². The largest absolute Gasteiger partial charge is 0.486 e. The van der Waals surface area contributed by atoms with E-state index in [0.717, 1.165) is 35.2 Å². The average molecular weight is 397 g/mol. The molecule has 0 atom stereocenters. The van der Waals surface area contributed by atoms with Gasteiger partial charge in [-0.05, 0) is 35.9 Å². The highest BCUT2D eigenvalue weighted by Crippen LogP contribution is 2.38. The van der Waals surface area contributed by atoms with Crippen LogP contribution in [0.15, 0.2) is 48.7 Å². The van der Waals surface area contributed by atoms with Crippen molar-refractivity contribution in [3.63, 3.8) is 0 Å². The van der Waals surface area contributed by atoms with E-state index >= 15 is 0 Å². The monoisotopic (exact) mass is 396 g/mol. The van der Waals surface area contributed by atoms with Gasteiger partial charge in [-0.1, -0.05) is 12.1 Å². The molecule has 5 rings (SSSR count). The fourth-order valence-electron chi connectivity index (χ4n) is 3.38. The fourth-order valence-corrected chi connectivity index (χ4v) is 5.20. The van der Waals surface area contributed by atoms with Crippen LogP contribution in [-0.2, 0) is 0 Å². The Bertz CT molecular complexity index is 934. The minimum absolute atomic E-state index is 0.599. The highest BCUT2D eigenvalue weighted by Gasteiger charge is 2.15. The Morgan fingerprint density at radius 3 is 2.41 bits per heavy atom. The summed E-state index contributed by atoms with van der Waals surface area (Å²) in [4.78, 5) is 8.28. The van der Waals surface area contributed by atoms with E-state index in [9.17, 15) is 0 Å². The summed E-state index contributed by atoms with van der Waals surface area (Å²) in [5.41, 5.74) is 3.60. The van der Waals surface area contributed by atoms with Crippen LogP contribution in [0.25, 0.3) is 21.0 Å². The molecule has 0 amide bonds. The van der Waals surface area contributed by atoms with Gasteiger partial charge >= 0.3 is 0 Å². The van der Waals surface area contributed by atoms with Crippen LogP contribution in [0.5, 0.6) is 11.5 Å². The molecule has 2 aromatic carbocycles. The van der Waals surface area contributed by atoms with Gasteiger partial charge in [0.1, 0.15) is 18.2 Å². The van der Waals surface area contributed by atoms with E-state index in [1.807, 2.05) is 36.2 Å². The van der Waals surface area contributed by atoms with Crippen LogP contribution in [-0.4, -0.2) is 42.8 Å². The van der Waals surface area contributed by atoms with Gasteiger partial charge in [-0.25, -0.2) is 4.98 Å². The van der Waals surface area contributed by atoms with E-state index in [1.165, 1.54) is 27.6 Å². The third-order valence-corrected chi connectivity index (χ3v) is 6.86. The Kier molecular flexibility index (Phi) is 4.67. The lowest BCUT2D eigenvalue weighted by Gasteiger charge is -2.28. The molecule has 0 aliphatic carbocycles. The number of thioether (sulfide) groups is 1. The predicted molar refractivity (Wildman–Crippen MR) is 114 cm³/mol.